The Kier molecular flexibility index (Phi) is 8.70. The molecule has 33 heavy (non-hydrogen) atoms. The van der Waals surface area contributed by atoms with Crippen molar-refractivity contribution in [3.8, 4) is 11.3 Å². The first-order chi connectivity index (χ1) is 15.3. The molecule has 0 amide bonds. The Hall–Kier alpha value is -2.82. The molecule has 0 saturated carbocycles. The predicted octanol–water partition coefficient (Wildman–Crippen LogP) is 2.70. The molecule has 1 heterocycles. The van der Waals surface area contributed by atoms with E-state index in [0.717, 1.165) is 0 Å². The van der Waals surface area contributed by atoms with Crippen LogP contribution in [-0.2, 0) is 14.5 Å². The van der Waals surface area contributed by atoms with Gasteiger partial charge in [0.1, 0.15) is 5.82 Å². The molecule has 180 valence electrons. The summed E-state index contributed by atoms with van der Waals surface area (Å²) < 4.78 is 27.4. The maximum Gasteiger partial charge on any atom is 0.305 e. The Morgan fingerprint density at radius 3 is 2.36 bits per heavy atom. The third-order valence-electron chi connectivity index (χ3n) is 4.90. The molecule has 0 spiro atoms. The van der Waals surface area contributed by atoms with Crippen molar-refractivity contribution >= 4 is 33.6 Å². The lowest BCUT2D eigenvalue weighted by atomic mass is 9.97. The molecule has 0 aliphatic rings. The molecule has 0 saturated heterocycles. The van der Waals surface area contributed by atoms with Crippen LogP contribution in [0.5, 0.6) is 0 Å². The van der Waals surface area contributed by atoms with Crippen molar-refractivity contribution in [2.24, 2.45) is 0 Å². The standard InChI is InChI=1S/C23H30FN3O5S/c1-14(2)21-19(11-10-17(28)12-18(29)13-20(30)31)22(15-6-8-16(24)9-7-15)26-23(25-21)27(3)33(4,5)32/h6-11,14,17-18,28-29H,4,12-13H2,1-3,5H3,(H,30,31)/t17-,18-,33?/m1/s1. The summed E-state index contributed by atoms with van der Waals surface area (Å²) in [5.41, 5.74) is 2.19. The van der Waals surface area contributed by atoms with Crippen molar-refractivity contribution in [3.63, 3.8) is 0 Å². The van der Waals surface area contributed by atoms with Crippen LogP contribution < -0.4 is 4.31 Å². The highest BCUT2D eigenvalue weighted by Gasteiger charge is 2.21. The van der Waals surface area contributed by atoms with E-state index in [1.54, 1.807) is 25.3 Å². The molecule has 1 aromatic carbocycles. The summed E-state index contributed by atoms with van der Waals surface area (Å²) in [4.78, 5) is 19.9. The molecule has 1 unspecified atom stereocenters. The minimum Gasteiger partial charge on any atom is -0.481 e. The number of aliphatic hydroxyl groups excluding tert-OH is 2. The smallest absolute Gasteiger partial charge is 0.305 e. The fourth-order valence-corrected chi connectivity index (χ4v) is 3.50. The maximum atomic E-state index is 13.5. The monoisotopic (exact) mass is 479 g/mol. The molecule has 10 heteroatoms. The summed E-state index contributed by atoms with van der Waals surface area (Å²) in [7, 11) is -1.08. The van der Waals surface area contributed by atoms with Crippen LogP contribution >= 0.6 is 0 Å². The molecule has 0 radical (unpaired) electrons. The highest BCUT2D eigenvalue weighted by atomic mass is 32.2. The van der Waals surface area contributed by atoms with Crippen LogP contribution in [0.1, 0.15) is 43.9 Å². The molecular formula is C23H30FN3O5S. The van der Waals surface area contributed by atoms with E-state index < -0.39 is 40.1 Å². The van der Waals surface area contributed by atoms with Crippen molar-refractivity contribution in [1.82, 2.24) is 9.97 Å². The van der Waals surface area contributed by atoms with Crippen molar-refractivity contribution in [2.75, 3.05) is 17.6 Å². The lowest BCUT2D eigenvalue weighted by Gasteiger charge is -2.22. The zero-order valence-electron chi connectivity index (χ0n) is 19.1. The van der Waals surface area contributed by atoms with Crippen molar-refractivity contribution < 1.29 is 28.7 Å². The number of nitrogens with zero attached hydrogens (tertiary/aromatic N) is 3. The number of hydrogen-bond donors (Lipinski definition) is 3. The summed E-state index contributed by atoms with van der Waals surface area (Å²) in [5.74, 6) is 2.20. The lowest BCUT2D eigenvalue weighted by Crippen LogP contribution is -2.27. The van der Waals surface area contributed by atoms with E-state index in [1.807, 2.05) is 13.8 Å². The number of aliphatic hydroxyl groups is 2. The van der Waals surface area contributed by atoms with Gasteiger partial charge >= 0.3 is 5.97 Å². The summed E-state index contributed by atoms with van der Waals surface area (Å²) in [6.45, 7) is 3.83. The first kappa shape index (κ1) is 26.4. The SMILES string of the molecule is C=S(C)(=O)N(C)c1nc(-c2ccc(F)cc2)c(C=C[C@@H](O)C[C@@H](O)CC(=O)O)c(C(C)C)n1. The first-order valence-electron chi connectivity index (χ1n) is 10.3. The van der Waals surface area contributed by atoms with Crippen LogP contribution in [0.4, 0.5) is 10.3 Å². The Balaban J connectivity index is 2.61. The summed E-state index contributed by atoms with van der Waals surface area (Å²) in [5, 5.41) is 28.9. The van der Waals surface area contributed by atoms with E-state index in [-0.39, 0.29) is 18.3 Å². The molecule has 2 aromatic rings. The molecule has 3 atom stereocenters. The van der Waals surface area contributed by atoms with Crippen LogP contribution in [0.25, 0.3) is 17.3 Å². The van der Waals surface area contributed by atoms with Gasteiger partial charge in [-0.05, 0) is 36.1 Å². The number of aromatic nitrogens is 2. The molecule has 0 fully saturated rings. The molecular weight excluding hydrogens is 449 g/mol. The van der Waals surface area contributed by atoms with E-state index in [1.165, 1.54) is 28.8 Å². The number of carboxylic acid groups (broad SMARTS) is 1. The molecule has 2 rings (SSSR count). The highest BCUT2D eigenvalue weighted by Crippen LogP contribution is 2.31. The zero-order chi connectivity index (χ0) is 24.9. The van der Waals surface area contributed by atoms with Crippen LogP contribution in [0, 0.1) is 5.82 Å². The van der Waals surface area contributed by atoms with Gasteiger partial charge in [0.05, 0.1) is 30.0 Å². The minimum atomic E-state index is -2.65. The third kappa shape index (κ3) is 7.34. The van der Waals surface area contributed by atoms with Gasteiger partial charge in [0, 0.05) is 40.6 Å². The van der Waals surface area contributed by atoms with Crippen LogP contribution in [0.15, 0.2) is 30.3 Å². The second-order valence-electron chi connectivity index (χ2n) is 8.20. The first-order valence-corrected chi connectivity index (χ1v) is 12.4. The minimum absolute atomic E-state index is 0.0912. The number of hydrogen-bond acceptors (Lipinski definition) is 6. The van der Waals surface area contributed by atoms with Gasteiger partial charge < -0.3 is 15.3 Å². The number of aliphatic carboxylic acids is 1. The van der Waals surface area contributed by atoms with E-state index in [2.05, 4.69) is 15.8 Å². The van der Waals surface area contributed by atoms with Crippen LogP contribution in [0.3, 0.4) is 0 Å². The summed E-state index contributed by atoms with van der Waals surface area (Å²) >= 11 is 0. The van der Waals surface area contributed by atoms with Crippen LogP contribution in [0.2, 0.25) is 0 Å². The molecule has 0 bridgehead atoms. The van der Waals surface area contributed by atoms with E-state index in [9.17, 15) is 23.6 Å². The van der Waals surface area contributed by atoms with Gasteiger partial charge in [-0.15, -0.1) is 0 Å². The van der Waals surface area contributed by atoms with Gasteiger partial charge in [0.15, 0.2) is 0 Å². The van der Waals surface area contributed by atoms with Gasteiger partial charge in [-0.1, -0.05) is 26.0 Å². The van der Waals surface area contributed by atoms with Gasteiger partial charge in [0.2, 0.25) is 5.95 Å². The topological polar surface area (TPSA) is 124 Å². The number of rotatable bonds is 10. The van der Waals surface area contributed by atoms with Crippen molar-refractivity contribution in [1.29, 1.82) is 0 Å². The van der Waals surface area contributed by atoms with E-state index in [0.29, 0.717) is 22.5 Å². The van der Waals surface area contributed by atoms with Crippen LogP contribution in [-0.4, -0.2) is 66.8 Å². The normalized spacial score (nSPS) is 15.4. The Bertz CT molecular complexity index is 1120. The molecule has 8 nitrogen and oxygen atoms in total. The predicted molar refractivity (Wildman–Crippen MR) is 129 cm³/mol. The average molecular weight is 480 g/mol. The van der Waals surface area contributed by atoms with Crippen molar-refractivity contribution in [2.45, 2.75) is 44.8 Å². The third-order valence-corrected chi connectivity index (χ3v) is 6.22. The van der Waals surface area contributed by atoms with Gasteiger partial charge in [0.25, 0.3) is 0 Å². The van der Waals surface area contributed by atoms with Crippen molar-refractivity contribution in [3.05, 3.63) is 47.4 Å². The fourth-order valence-electron chi connectivity index (χ4n) is 3.07. The number of benzene rings is 1. The summed E-state index contributed by atoms with van der Waals surface area (Å²) in [6.07, 6.45) is 1.54. The zero-order valence-corrected chi connectivity index (χ0v) is 19.9. The molecule has 0 aliphatic heterocycles. The Morgan fingerprint density at radius 1 is 1.24 bits per heavy atom. The van der Waals surface area contributed by atoms with Gasteiger partial charge in [-0.3, -0.25) is 9.10 Å². The second kappa shape index (κ2) is 10.9. The second-order valence-corrected chi connectivity index (χ2v) is 10.7. The number of carboxylic acids is 1. The lowest BCUT2D eigenvalue weighted by molar-refractivity contribution is -0.139. The van der Waals surface area contributed by atoms with E-state index >= 15 is 0 Å². The van der Waals surface area contributed by atoms with Gasteiger partial charge in [-0.2, -0.15) is 0 Å². The fraction of sp³-hybridized carbons (Fsp3) is 0.391. The number of halogens is 1. The number of anilines is 1. The van der Waals surface area contributed by atoms with Gasteiger partial charge in [-0.25, -0.2) is 18.6 Å². The molecule has 3 N–H and O–H groups in total. The maximum absolute atomic E-state index is 13.5. The molecule has 0 aliphatic carbocycles. The Morgan fingerprint density at radius 2 is 1.85 bits per heavy atom. The average Bonchev–Trinajstić information content (AvgIpc) is 2.70. The number of carbonyl (C=O) groups is 1. The Labute approximate surface area is 193 Å². The molecule has 1 aromatic heterocycles. The van der Waals surface area contributed by atoms with E-state index in [4.69, 9.17) is 5.11 Å². The summed E-state index contributed by atoms with van der Waals surface area (Å²) in [6, 6.07) is 5.71. The largest absolute Gasteiger partial charge is 0.481 e. The highest BCUT2D eigenvalue weighted by molar-refractivity contribution is 8.00. The quantitative estimate of drug-likeness (QED) is 0.448.